The van der Waals surface area contributed by atoms with E-state index in [1.807, 2.05) is 14.0 Å². The predicted octanol–water partition coefficient (Wildman–Crippen LogP) is 2.19. The van der Waals surface area contributed by atoms with Gasteiger partial charge < -0.3 is 20.0 Å². The fraction of sp³-hybridized carbons (Fsp3) is 0.333. The molecule has 2 heterocycles. The number of anilines is 1. The van der Waals surface area contributed by atoms with Crippen LogP contribution < -0.4 is 10.6 Å². The fourth-order valence-corrected chi connectivity index (χ4v) is 2.95. The molecule has 0 spiro atoms. The van der Waals surface area contributed by atoms with Crippen molar-refractivity contribution in [2.24, 2.45) is 0 Å². The van der Waals surface area contributed by atoms with E-state index in [1.54, 1.807) is 30.1 Å². The maximum Gasteiger partial charge on any atom is 0.291 e. The average Bonchev–Trinajstić information content (AvgIpc) is 3.13. The summed E-state index contributed by atoms with van der Waals surface area (Å²) >= 11 is 1.27. The van der Waals surface area contributed by atoms with Gasteiger partial charge in [0.1, 0.15) is 0 Å². The summed E-state index contributed by atoms with van der Waals surface area (Å²) < 4.78 is 5.04. The number of nitrogens with zero attached hydrogens (tertiary/aromatic N) is 1. The van der Waals surface area contributed by atoms with Crippen molar-refractivity contribution in [3.05, 3.63) is 40.7 Å². The number of hydrogen-bond donors (Lipinski definition) is 2. The van der Waals surface area contributed by atoms with E-state index in [0.717, 1.165) is 12.1 Å². The highest BCUT2D eigenvalue weighted by atomic mass is 32.1. The first kappa shape index (κ1) is 16.3. The second-order valence-corrected chi connectivity index (χ2v) is 5.94. The number of furan rings is 1. The summed E-state index contributed by atoms with van der Waals surface area (Å²) in [6, 6.07) is 5.04. The smallest absolute Gasteiger partial charge is 0.291 e. The standard InChI is InChI=1S/C15H19N3O3S/c1-10-9-12(17-14(19)11-5-4-8-21-11)22-13(10)15(20)18(3)7-6-16-2/h4-5,8-9,16H,6-7H2,1-3H3,(H,17,19). The first-order valence-corrected chi connectivity index (χ1v) is 7.70. The van der Waals surface area contributed by atoms with E-state index in [4.69, 9.17) is 4.42 Å². The van der Waals surface area contributed by atoms with Crippen LogP contribution in [0.2, 0.25) is 0 Å². The van der Waals surface area contributed by atoms with Crippen LogP contribution in [0.25, 0.3) is 0 Å². The molecular formula is C15H19N3O3S. The van der Waals surface area contributed by atoms with E-state index in [9.17, 15) is 9.59 Å². The zero-order valence-electron chi connectivity index (χ0n) is 12.8. The third-order valence-corrected chi connectivity index (χ3v) is 4.28. The predicted molar refractivity (Wildman–Crippen MR) is 86.6 cm³/mol. The van der Waals surface area contributed by atoms with Gasteiger partial charge in [0.2, 0.25) is 0 Å². The van der Waals surface area contributed by atoms with Crippen molar-refractivity contribution < 1.29 is 14.0 Å². The second kappa shape index (κ2) is 7.24. The number of rotatable bonds is 6. The molecule has 0 unspecified atom stereocenters. The molecule has 2 rings (SSSR count). The van der Waals surface area contributed by atoms with Crippen molar-refractivity contribution in [1.82, 2.24) is 10.2 Å². The van der Waals surface area contributed by atoms with Gasteiger partial charge in [-0.2, -0.15) is 0 Å². The summed E-state index contributed by atoms with van der Waals surface area (Å²) in [5, 5.41) is 6.38. The van der Waals surface area contributed by atoms with Crippen molar-refractivity contribution in [1.29, 1.82) is 0 Å². The molecule has 0 radical (unpaired) electrons. The van der Waals surface area contributed by atoms with Crippen LogP contribution in [0.1, 0.15) is 25.8 Å². The molecule has 0 aliphatic rings. The number of likely N-dealkylation sites (N-methyl/N-ethyl adjacent to an activating group) is 2. The summed E-state index contributed by atoms with van der Waals surface area (Å²) in [4.78, 5) is 26.6. The topological polar surface area (TPSA) is 74.6 Å². The molecule has 0 saturated carbocycles. The molecule has 2 aromatic heterocycles. The Morgan fingerprint density at radius 3 is 2.82 bits per heavy atom. The molecule has 2 N–H and O–H groups in total. The van der Waals surface area contributed by atoms with Crippen molar-refractivity contribution in [3.63, 3.8) is 0 Å². The zero-order chi connectivity index (χ0) is 16.1. The third kappa shape index (κ3) is 3.75. The molecule has 0 saturated heterocycles. The van der Waals surface area contributed by atoms with Gasteiger partial charge in [0, 0.05) is 20.1 Å². The minimum absolute atomic E-state index is 0.0451. The van der Waals surface area contributed by atoms with Crippen molar-refractivity contribution >= 4 is 28.2 Å². The summed E-state index contributed by atoms with van der Waals surface area (Å²) in [5.41, 5.74) is 0.848. The van der Waals surface area contributed by atoms with Crippen LogP contribution >= 0.6 is 11.3 Å². The molecule has 22 heavy (non-hydrogen) atoms. The van der Waals surface area contributed by atoms with Crippen molar-refractivity contribution in [2.75, 3.05) is 32.5 Å². The first-order valence-electron chi connectivity index (χ1n) is 6.88. The Bertz CT molecular complexity index is 649. The van der Waals surface area contributed by atoms with Gasteiger partial charge >= 0.3 is 0 Å². The van der Waals surface area contributed by atoms with Crippen LogP contribution in [0.3, 0.4) is 0 Å². The molecule has 0 fully saturated rings. The van der Waals surface area contributed by atoms with Gasteiger partial charge in [-0.1, -0.05) is 0 Å². The molecule has 0 atom stereocenters. The van der Waals surface area contributed by atoms with E-state index >= 15 is 0 Å². The third-order valence-electron chi connectivity index (χ3n) is 3.14. The number of hydrogen-bond acceptors (Lipinski definition) is 5. The van der Waals surface area contributed by atoms with Gasteiger partial charge in [-0.05, 0) is 37.7 Å². The Balaban J connectivity index is 2.07. The van der Waals surface area contributed by atoms with E-state index < -0.39 is 0 Å². The van der Waals surface area contributed by atoms with E-state index in [-0.39, 0.29) is 17.6 Å². The number of carbonyl (C=O) groups excluding carboxylic acids is 2. The van der Waals surface area contributed by atoms with Gasteiger partial charge in [-0.3, -0.25) is 9.59 Å². The molecule has 6 nitrogen and oxygen atoms in total. The Hall–Kier alpha value is -2.12. The normalized spacial score (nSPS) is 10.5. The van der Waals surface area contributed by atoms with Crippen LogP contribution in [0.5, 0.6) is 0 Å². The fourth-order valence-electron chi connectivity index (χ4n) is 1.89. The van der Waals surface area contributed by atoms with E-state index in [0.29, 0.717) is 16.4 Å². The molecule has 118 valence electrons. The summed E-state index contributed by atoms with van der Waals surface area (Å²) in [5.74, 6) is -0.130. The summed E-state index contributed by atoms with van der Waals surface area (Å²) in [6.07, 6.45) is 1.44. The highest BCUT2D eigenvalue weighted by Crippen LogP contribution is 2.28. The number of thiophene rings is 1. The lowest BCUT2D eigenvalue weighted by atomic mass is 10.2. The highest BCUT2D eigenvalue weighted by molar-refractivity contribution is 7.18. The van der Waals surface area contributed by atoms with E-state index in [1.165, 1.54) is 17.6 Å². The molecular weight excluding hydrogens is 302 g/mol. The lowest BCUT2D eigenvalue weighted by molar-refractivity contribution is 0.0800. The Kier molecular flexibility index (Phi) is 5.35. The molecule has 0 bridgehead atoms. The van der Waals surface area contributed by atoms with E-state index in [2.05, 4.69) is 10.6 Å². The molecule has 0 aliphatic carbocycles. The molecule has 7 heteroatoms. The van der Waals surface area contributed by atoms with Crippen LogP contribution in [0.4, 0.5) is 5.00 Å². The van der Waals surface area contributed by atoms with Crippen LogP contribution in [-0.4, -0.2) is 43.9 Å². The Morgan fingerprint density at radius 1 is 1.41 bits per heavy atom. The van der Waals surface area contributed by atoms with Crippen LogP contribution in [-0.2, 0) is 0 Å². The minimum atomic E-state index is -0.325. The maximum atomic E-state index is 12.4. The monoisotopic (exact) mass is 321 g/mol. The minimum Gasteiger partial charge on any atom is -0.459 e. The number of amides is 2. The van der Waals surface area contributed by atoms with Crippen LogP contribution in [0, 0.1) is 6.92 Å². The van der Waals surface area contributed by atoms with Gasteiger partial charge in [0.15, 0.2) is 5.76 Å². The lowest BCUT2D eigenvalue weighted by Crippen LogP contribution is -2.32. The lowest BCUT2D eigenvalue weighted by Gasteiger charge is -2.16. The maximum absolute atomic E-state index is 12.4. The molecule has 0 aromatic carbocycles. The largest absolute Gasteiger partial charge is 0.459 e. The molecule has 2 aromatic rings. The number of aryl methyl sites for hydroxylation is 1. The SMILES string of the molecule is CNCCN(C)C(=O)c1sc(NC(=O)c2ccco2)cc1C. The van der Waals surface area contributed by atoms with Crippen LogP contribution in [0.15, 0.2) is 28.9 Å². The van der Waals surface area contributed by atoms with Gasteiger partial charge in [0.05, 0.1) is 16.1 Å². The van der Waals surface area contributed by atoms with Crippen molar-refractivity contribution in [2.45, 2.75) is 6.92 Å². The summed E-state index contributed by atoms with van der Waals surface area (Å²) in [6.45, 7) is 3.22. The van der Waals surface area contributed by atoms with Gasteiger partial charge in [-0.15, -0.1) is 11.3 Å². The average molecular weight is 321 g/mol. The molecule has 0 aliphatic heterocycles. The Labute approximate surface area is 133 Å². The van der Waals surface area contributed by atoms with Crippen molar-refractivity contribution in [3.8, 4) is 0 Å². The number of nitrogens with one attached hydrogen (secondary N) is 2. The molecule has 2 amide bonds. The highest BCUT2D eigenvalue weighted by Gasteiger charge is 2.19. The van der Waals surface area contributed by atoms with Gasteiger partial charge in [-0.25, -0.2) is 0 Å². The number of carbonyl (C=O) groups is 2. The Morgan fingerprint density at radius 2 is 2.18 bits per heavy atom. The second-order valence-electron chi connectivity index (χ2n) is 4.88. The van der Waals surface area contributed by atoms with Gasteiger partial charge in [0.25, 0.3) is 11.8 Å². The quantitative estimate of drug-likeness (QED) is 0.855. The first-order chi connectivity index (χ1) is 10.5. The zero-order valence-corrected chi connectivity index (χ0v) is 13.6. The summed E-state index contributed by atoms with van der Waals surface area (Å²) in [7, 11) is 3.61.